The molecule has 0 bridgehead atoms. The van der Waals surface area contributed by atoms with E-state index in [2.05, 4.69) is 10.3 Å². The molecule has 19 heavy (non-hydrogen) atoms. The monoisotopic (exact) mass is 280 g/mol. The van der Waals surface area contributed by atoms with Crippen LogP contribution in [0.15, 0.2) is 30.5 Å². The van der Waals surface area contributed by atoms with E-state index in [0.29, 0.717) is 5.69 Å². The van der Waals surface area contributed by atoms with Crippen molar-refractivity contribution in [3.63, 3.8) is 0 Å². The van der Waals surface area contributed by atoms with Crippen molar-refractivity contribution in [2.45, 2.75) is 6.92 Å². The zero-order valence-corrected chi connectivity index (χ0v) is 10.7. The topological polar surface area (TPSA) is 62.2 Å². The number of halogens is 2. The van der Waals surface area contributed by atoms with Crippen LogP contribution in [0.1, 0.15) is 15.9 Å². The van der Waals surface area contributed by atoms with Crippen LogP contribution in [0.2, 0.25) is 5.15 Å². The molecule has 1 aromatic carbocycles. The molecule has 0 unspecified atom stereocenters. The summed E-state index contributed by atoms with van der Waals surface area (Å²) in [5, 5.41) is 12.1. The number of pyridine rings is 1. The van der Waals surface area contributed by atoms with Crippen LogP contribution in [0, 0.1) is 12.7 Å². The van der Waals surface area contributed by atoms with Gasteiger partial charge in [-0.25, -0.2) is 9.37 Å². The van der Waals surface area contributed by atoms with Gasteiger partial charge in [-0.3, -0.25) is 4.79 Å². The molecule has 1 aromatic heterocycles. The molecule has 0 radical (unpaired) electrons. The van der Waals surface area contributed by atoms with E-state index >= 15 is 0 Å². The lowest BCUT2D eigenvalue weighted by Gasteiger charge is -2.08. The van der Waals surface area contributed by atoms with Gasteiger partial charge < -0.3 is 10.4 Å². The number of nitrogens with zero attached hydrogens (tertiary/aromatic N) is 1. The van der Waals surface area contributed by atoms with E-state index < -0.39 is 11.7 Å². The van der Waals surface area contributed by atoms with E-state index in [9.17, 15) is 14.3 Å². The third-order valence-corrected chi connectivity index (χ3v) is 2.73. The number of carbonyl (C=O) groups is 1. The number of hydrogen-bond acceptors (Lipinski definition) is 3. The van der Waals surface area contributed by atoms with E-state index in [1.807, 2.05) is 0 Å². The van der Waals surface area contributed by atoms with Crippen LogP contribution in [0.3, 0.4) is 0 Å². The third-order valence-electron chi connectivity index (χ3n) is 2.43. The van der Waals surface area contributed by atoms with E-state index in [1.54, 1.807) is 19.2 Å². The molecule has 1 amide bonds. The molecule has 2 rings (SSSR count). The standard InChI is InChI=1S/C13H10ClFN2O2/c1-7-4-10(12(14)16-6-7)17-13(19)9-5-8(15)2-3-11(9)18/h2-6,18H,1H3,(H,17,19). The van der Waals surface area contributed by atoms with Gasteiger partial charge >= 0.3 is 0 Å². The van der Waals surface area contributed by atoms with Crippen LogP contribution in [0.5, 0.6) is 5.75 Å². The molecule has 0 saturated carbocycles. The minimum absolute atomic E-state index is 0.120. The van der Waals surface area contributed by atoms with Gasteiger partial charge in [0.05, 0.1) is 11.3 Å². The van der Waals surface area contributed by atoms with Gasteiger partial charge in [-0.2, -0.15) is 0 Å². The zero-order valence-electron chi connectivity index (χ0n) is 9.95. The van der Waals surface area contributed by atoms with Crippen LogP contribution < -0.4 is 5.32 Å². The maximum absolute atomic E-state index is 13.1. The first-order chi connectivity index (χ1) is 8.97. The second kappa shape index (κ2) is 5.24. The molecule has 2 N–H and O–H groups in total. The number of aromatic hydroxyl groups is 1. The lowest BCUT2D eigenvalue weighted by molar-refractivity contribution is 0.102. The second-order valence-corrected chi connectivity index (χ2v) is 4.32. The maximum atomic E-state index is 13.1. The largest absolute Gasteiger partial charge is 0.507 e. The number of carbonyl (C=O) groups excluding carboxylic acids is 1. The van der Waals surface area contributed by atoms with E-state index in [0.717, 1.165) is 23.8 Å². The Balaban J connectivity index is 2.30. The number of phenols is 1. The highest BCUT2D eigenvalue weighted by atomic mass is 35.5. The predicted molar refractivity (Wildman–Crippen MR) is 70.0 cm³/mol. The number of amides is 1. The lowest BCUT2D eigenvalue weighted by Crippen LogP contribution is -2.13. The van der Waals surface area contributed by atoms with Crippen LogP contribution in [-0.4, -0.2) is 16.0 Å². The molecular weight excluding hydrogens is 271 g/mol. The average Bonchev–Trinajstić information content (AvgIpc) is 2.36. The van der Waals surface area contributed by atoms with Crippen molar-refractivity contribution in [3.05, 3.63) is 52.6 Å². The van der Waals surface area contributed by atoms with Crippen molar-refractivity contribution in [2.24, 2.45) is 0 Å². The molecule has 6 heteroatoms. The maximum Gasteiger partial charge on any atom is 0.259 e. The summed E-state index contributed by atoms with van der Waals surface area (Å²) in [5.74, 6) is -1.58. The summed E-state index contributed by atoms with van der Waals surface area (Å²) < 4.78 is 13.1. The van der Waals surface area contributed by atoms with Crippen molar-refractivity contribution in [1.29, 1.82) is 0 Å². The SMILES string of the molecule is Cc1cnc(Cl)c(NC(=O)c2cc(F)ccc2O)c1. The zero-order chi connectivity index (χ0) is 14.0. The molecule has 0 aliphatic heterocycles. The van der Waals surface area contributed by atoms with E-state index in [4.69, 9.17) is 11.6 Å². The molecule has 0 saturated heterocycles. The molecule has 0 spiro atoms. The Bertz CT molecular complexity index is 647. The molecule has 4 nitrogen and oxygen atoms in total. The van der Waals surface area contributed by atoms with Crippen molar-refractivity contribution in [2.75, 3.05) is 5.32 Å². The summed E-state index contributed by atoms with van der Waals surface area (Å²) >= 11 is 5.84. The summed E-state index contributed by atoms with van der Waals surface area (Å²) in [4.78, 5) is 15.8. The van der Waals surface area contributed by atoms with Gasteiger partial charge in [0.2, 0.25) is 0 Å². The van der Waals surface area contributed by atoms with Crippen LogP contribution >= 0.6 is 11.6 Å². The average molecular weight is 281 g/mol. The van der Waals surface area contributed by atoms with Crippen LogP contribution in [-0.2, 0) is 0 Å². The van der Waals surface area contributed by atoms with Gasteiger partial charge in [-0.05, 0) is 36.8 Å². The fourth-order valence-electron chi connectivity index (χ4n) is 1.52. The summed E-state index contributed by atoms with van der Waals surface area (Å²) in [6.07, 6.45) is 1.55. The van der Waals surface area contributed by atoms with Crippen LogP contribution in [0.25, 0.3) is 0 Å². The number of rotatable bonds is 2. The quantitative estimate of drug-likeness (QED) is 0.831. The smallest absolute Gasteiger partial charge is 0.259 e. The number of aromatic nitrogens is 1. The van der Waals surface area contributed by atoms with Gasteiger partial charge in [0, 0.05) is 6.20 Å². The molecule has 98 valence electrons. The minimum Gasteiger partial charge on any atom is -0.507 e. The molecule has 0 atom stereocenters. The second-order valence-electron chi connectivity index (χ2n) is 3.97. The fraction of sp³-hybridized carbons (Fsp3) is 0.0769. The summed E-state index contributed by atoms with van der Waals surface area (Å²) in [5.41, 5.74) is 0.941. The first kappa shape index (κ1) is 13.3. The fourth-order valence-corrected chi connectivity index (χ4v) is 1.67. The van der Waals surface area contributed by atoms with Gasteiger partial charge in [-0.1, -0.05) is 11.6 Å². The summed E-state index contributed by atoms with van der Waals surface area (Å²) in [6, 6.07) is 4.75. The van der Waals surface area contributed by atoms with Crippen molar-refractivity contribution in [3.8, 4) is 5.75 Å². The van der Waals surface area contributed by atoms with Crippen molar-refractivity contribution < 1.29 is 14.3 Å². The molecule has 2 aromatic rings. The first-order valence-electron chi connectivity index (χ1n) is 5.39. The Morgan fingerprint density at radius 1 is 1.42 bits per heavy atom. The van der Waals surface area contributed by atoms with Crippen LogP contribution in [0.4, 0.5) is 10.1 Å². The molecule has 0 aliphatic carbocycles. The summed E-state index contributed by atoms with van der Waals surface area (Å²) in [7, 11) is 0. The van der Waals surface area contributed by atoms with E-state index in [1.165, 1.54) is 0 Å². The molecular formula is C13H10ClFN2O2. The molecule has 0 aliphatic rings. The summed E-state index contributed by atoms with van der Waals surface area (Å²) in [6.45, 7) is 1.79. The Morgan fingerprint density at radius 3 is 2.89 bits per heavy atom. The highest BCUT2D eigenvalue weighted by Crippen LogP contribution is 2.23. The third kappa shape index (κ3) is 3.00. The Kier molecular flexibility index (Phi) is 3.66. The van der Waals surface area contributed by atoms with Crippen molar-refractivity contribution >= 4 is 23.2 Å². The lowest BCUT2D eigenvalue weighted by atomic mass is 10.1. The number of nitrogens with one attached hydrogen (secondary N) is 1. The highest BCUT2D eigenvalue weighted by Gasteiger charge is 2.14. The molecule has 0 fully saturated rings. The first-order valence-corrected chi connectivity index (χ1v) is 5.77. The minimum atomic E-state index is -0.661. The highest BCUT2D eigenvalue weighted by molar-refractivity contribution is 6.32. The molecule has 1 heterocycles. The Hall–Kier alpha value is -2.14. The predicted octanol–water partition coefficient (Wildman–Crippen LogP) is 3.14. The Labute approximate surface area is 113 Å². The van der Waals surface area contributed by atoms with Crippen molar-refractivity contribution in [1.82, 2.24) is 4.98 Å². The van der Waals surface area contributed by atoms with Gasteiger partial charge in [-0.15, -0.1) is 0 Å². The number of benzene rings is 1. The number of hydrogen-bond donors (Lipinski definition) is 2. The van der Waals surface area contributed by atoms with Gasteiger partial charge in [0.25, 0.3) is 5.91 Å². The van der Waals surface area contributed by atoms with Gasteiger partial charge in [0.1, 0.15) is 11.6 Å². The Morgan fingerprint density at radius 2 is 2.16 bits per heavy atom. The number of aryl methyl sites for hydroxylation is 1. The number of anilines is 1. The van der Waals surface area contributed by atoms with E-state index in [-0.39, 0.29) is 16.5 Å². The van der Waals surface area contributed by atoms with Gasteiger partial charge in [0.15, 0.2) is 5.15 Å². The number of phenolic OH excluding ortho intramolecular Hbond substituents is 1. The normalized spacial score (nSPS) is 10.3.